The lowest BCUT2D eigenvalue weighted by atomic mass is 10.1. The molecule has 1 saturated heterocycles. The SMILES string of the molecule is CNC(=O)[C@H]1O[C@H](n2cnc3c(NCc4cc(C)cc(C)c4)nc(-c4cccnc4)nc32)[C@H](O)[C@@H]1O. The van der Waals surface area contributed by atoms with Crippen LogP contribution in [-0.2, 0) is 16.1 Å². The van der Waals surface area contributed by atoms with Crippen LogP contribution in [0.25, 0.3) is 22.6 Å². The summed E-state index contributed by atoms with van der Waals surface area (Å²) in [5, 5.41) is 26.9. The van der Waals surface area contributed by atoms with Crippen molar-refractivity contribution < 1.29 is 19.7 Å². The van der Waals surface area contributed by atoms with Crippen LogP contribution in [0, 0.1) is 13.8 Å². The van der Waals surface area contributed by atoms with Crippen LogP contribution in [-0.4, -0.2) is 66.0 Å². The summed E-state index contributed by atoms with van der Waals surface area (Å²) in [5.74, 6) is 0.360. The van der Waals surface area contributed by atoms with Crippen LogP contribution in [0.4, 0.5) is 5.82 Å². The summed E-state index contributed by atoms with van der Waals surface area (Å²) in [6.07, 6.45) is -0.301. The Hall–Kier alpha value is -3.93. The minimum Gasteiger partial charge on any atom is -0.387 e. The second-order valence-electron chi connectivity index (χ2n) is 8.85. The molecule has 11 nitrogen and oxygen atoms in total. The number of imidazole rings is 1. The number of benzene rings is 1. The van der Waals surface area contributed by atoms with Crippen LogP contribution in [0.2, 0.25) is 0 Å². The number of pyridine rings is 1. The first kappa shape index (κ1) is 23.8. The number of nitrogens with one attached hydrogen (secondary N) is 2. The largest absolute Gasteiger partial charge is 0.387 e. The number of hydrogen-bond acceptors (Lipinski definition) is 9. The quantitative estimate of drug-likeness (QED) is 0.316. The lowest BCUT2D eigenvalue weighted by molar-refractivity contribution is -0.137. The number of aliphatic hydroxyl groups excluding tert-OH is 2. The maximum Gasteiger partial charge on any atom is 0.251 e. The minimum atomic E-state index is -1.41. The molecule has 1 fully saturated rings. The molecule has 5 rings (SSSR count). The monoisotopic (exact) mass is 489 g/mol. The van der Waals surface area contributed by atoms with E-state index >= 15 is 0 Å². The first-order valence-electron chi connectivity index (χ1n) is 11.5. The Balaban J connectivity index is 1.57. The molecule has 1 aromatic carbocycles. The summed E-state index contributed by atoms with van der Waals surface area (Å²) in [5.41, 5.74) is 4.94. The van der Waals surface area contributed by atoms with E-state index < -0.39 is 30.4 Å². The van der Waals surface area contributed by atoms with E-state index in [1.165, 1.54) is 17.9 Å². The highest BCUT2D eigenvalue weighted by Gasteiger charge is 2.47. The number of rotatable bonds is 6. The number of ether oxygens (including phenoxy) is 1. The lowest BCUT2D eigenvalue weighted by Crippen LogP contribution is -2.41. The number of amides is 1. The van der Waals surface area contributed by atoms with Gasteiger partial charge < -0.3 is 25.6 Å². The van der Waals surface area contributed by atoms with Crippen molar-refractivity contribution in [3.05, 3.63) is 65.7 Å². The third-order valence-electron chi connectivity index (χ3n) is 6.10. The second kappa shape index (κ2) is 9.61. The Morgan fingerprint density at radius 2 is 1.92 bits per heavy atom. The Kier molecular flexibility index (Phi) is 6.35. The number of carbonyl (C=O) groups excluding carboxylic acids is 1. The van der Waals surface area contributed by atoms with Crippen LogP contribution >= 0.6 is 0 Å². The molecule has 4 atom stereocenters. The van der Waals surface area contributed by atoms with Gasteiger partial charge in [0.05, 0.1) is 6.33 Å². The van der Waals surface area contributed by atoms with E-state index in [9.17, 15) is 15.0 Å². The van der Waals surface area contributed by atoms with E-state index in [1.807, 2.05) is 6.07 Å². The van der Waals surface area contributed by atoms with Gasteiger partial charge in [-0.05, 0) is 31.5 Å². The highest BCUT2D eigenvalue weighted by molar-refractivity contribution is 5.85. The standard InChI is InChI=1S/C25H27N7O4/c1-13-7-14(2)9-15(8-13)10-28-22-17-23(31-21(30-22)16-5-4-6-27-11-16)32(12-29-17)25-19(34)18(33)20(36-25)24(35)26-3/h4-9,11-12,18-20,25,33-34H,10H2,1-3H3,(H,26,35)(H,28,30,31)/t18-,19+,20-,25-/m0/s1. The third kappa shape index (κ3) is 4.39. The topological polar surface area (TPSA) is 147 Å². The molecule has 0 radical (unpaired) electrons. The number of carbonyl (C=O) groups is 1. The van der Waals surface area contributed by atoms with Gasteiger partial charge >= 0.3 is 0 Å². The number of anilines is 1. The Morgan fingerprint density at radius 3 is 2.61 bits per heavy atom. The second-order valence-corrected chi connectivity index (χ2v) is 8.85. The molecule has 0 aliphatic carbocycles. The molecule has 0 spiro atoms. The number of aryl methyl sites for hydroxylation is 2. The average Bonchev–Trinajstić information content (AvgIpc) is 3.42. The van der Waals surface area contributed by atoms with E-state index in [-0.39, 0.29) is 0 Å². The fourth-order valence-electron chi connectivity index (χ4n) is 4.46. The fourth-order valence-corrected chi connectivity index (χ4v) is 4.46. The molecule has 0 unspecified atom stereocenters. The smallest absolute Gasteiger partial charge is 0.251 e. The van der Waals surface area contributed by atoms with Crippen molar-refractivity contribution in [1.82, 2.24) is 29.8 Å². The van der Waals surface area contributed by atoms with Crippen LogP contribution in [0.1, 0.15) is 22.9 Å². The van der Waals surface area contributed by atoms with E-state index in [2.05, 4.69) is 57.6 Å². The van der Waals surface area contributed by atoms with Gasteiger partial charge in [-0.3, -0.25) is 14.3 Å². The molecule has 1 amide bonds. The molecule has 0 saturated carbocycles. The van der Waals surface area contributed by atoms with E-state index in [0.29, 0.717) is 34.9 Å². The molecule has 186 valence electrons. The van der Waals surface area contributed by atoms with Crippen LogP contribution in [0.15, 0.2) is 49.1 Å². The van der Waals surface area contributed by atoms with Gasteiger partial charge in [-0.25, -0.2) is 15.0 Å². The van der Waals surface area contributed by atoms with Gasteiger partial charge in [0.25, 0.3) is 5.91 Å². The molecule has 3 aromatic heterocycles. The molecule has 4 aromatic rings. The molecule has 0 bridgehead atoms. The predicted octanol–water partition coefficient (Wildman–Crippen LogP) is 1.48. The highest BCUT2D eigenvalue weighted by atomic mass is 16.6. The summed E-state index contributed by atoms with van der Waals surface area (Å²) < 4.78 is 7.26. The van der Waals surface area contributed by atoms with Crippen molar-refractivity contribution in [2.45, 2.75) is 44.9 Å². The first-order chi connectivity index (χ1) is 17.4. The van der Waals surface area contributed by atoms with Crippen LogP contribution < -0.4 is 10.6 Å². The number of aromatic nitrogens is 5. The van der Waals surface area contributed by atoms with Crippen LogP contribution in [0.5, 0.6) is 0 Å². The highest BCUT2D eigenvalue weighted by Crippen LogP contribution is 2.33. The first-order valence-corrected chi connectivity index (χ1v) is 11.5. The molecule has 11 heteroatoms. The van der Waals surface area contributed by atoms with E-state index in [1.54, 1.807) is 18.5 Å². The summed E-state index contributed by atoms with van der Waals surface area (Å²) >= 11 is 0. The molecule has 1 aliphatic heterocycles. The van der Waals surface area contributed by atoms with Gasteiger partial charge in [-0.2, -0.15) is 0 Å². The van der Waals surface area contributed by atoms with Gasteiger partial charge in [-0.1, -0.05) is 29.3 Å². The van der Waals surface area contributed by atoms with Crippen molar-refractivity contribution in [2.75, 3.05) is 12.4 Å². The summed E-state index contributed by atoms with van der Waals surface area (Å²) in [6.45, 7) is 4.61. The van der Waals surface area contributed by atoms with Gasteiger partial charge in [0, 0.05) is 31.5 Å². The lowest BCUT2D eigenvalue weighted by Gasteiger charge is -2.17. The summed E-state index contributed by atoms with van der Waals surface area (Å²) in [7, 11) is 1.44. The molecule has 4 N–H and O–H groups in total. The minimum absolute atomic E-state index is 0.376. The summed E-state index contributed by atoms with van der Waals surface area (Å²) in [6, 6.07) is 9.94. The zero-order valence-electron chi connectivity index (χ0n) is 20.1. The number of hydrogen-bond donors (Lipinski definition) is 4. The van der Waals surface area contributed by atoms with Crippen molar-refractivity contribution in [1.29, 1.82) is 0 Å². The maximum absolute atomic E-state index is 12.1. The maximum atomic E-state index is 12.1. The van der Waals surface area contributed by atoms with E-state index in [4.69, 9.17) is 9.72 Å². The zero-order chi connectivity index (χ0) is 25.4. The van der Waals surface area contributed by atoms with Crippen molar-refractivity contribution in [3.8, 4) is 11.4 Å². The number of aliphatic hydroxyl groups is 2. The third-order valence-corrected chi connectivity index (χ3v) is 6.10. The fraction of sp³-hybridized carbons (Fsp3) is 0.320. The van der Waals surface area contributed by atoms with Crippen LogP contribution in [0.3, 0.4) is 0 Å². The Morgan fingerprint density at radius 1 is 1.14 bits per heavy atom. The Bertz CT molecular complexity index is 1390. The van der Waals surface area contributed by atoms with Gasteiger partial charge in [0.1, 0.15) is 12.2 Å². The average molecular weight is 490 g/mol. The van der Waals surface area contributed by atoms with Gasteiger partial charge in [-0.15, -0.1) is 0 Å². The van der Waals surface area contributed by atoms with Crippen molar-refractivity contribution in [3.63, 3.8) is 0 Å². The molecule has 1 aliphatic rings. The Labute approximate surface area is 207 Å². The molecule has 36 heavy (non-hydrogen) atoms. The van der Waals surface area contributed by atoms with E-state index in [0.717, 1.165) is 16.7 Å². The molecule has 4 heterocycles. The molecular formula is C25H27N7O4. The van der Waals surface area contributed by atoms with Crippen molar-refractivity contribution >= 4 is 22.9 Å². The van der Waals surface area contributed by atoms with Gasteiger partial charge in [0.2, 0.25) is 0 Å². The number of likely N-dealkylation sites (N-methyl/N-ethyl adjacent to an activating group) is 1. The van der Waals surface area contributed by atoms with Crippen molar-refractivity contribution in [2.24, 2.45) is 0 Å². The zero-order valence-corrected chi connectivity index (χ0v) is 20.1. The normalized spacial score (nSPS) is 21.6. The number of nitrogens with zero attached hydrogens (tertiary/aromatic N) is 5. The van der Waals surface area contributed by atoms with Gasteiger partial charge in [0.15, 0.2) is 35.1 Å². The summed E-state index contributed by atoms with van der Waals surface area (Å²) in [4.78, 5) is 30.2. The number of fused-ring (bicyclic) bond motifs is 1. The molecular weight excluding hydrogens is 462 g/mol. The predicted molar refractivity (Wildman–Crippen MR) is 132 cm³/mol.